The van der Waals surface area contributed by atoms with Crippen molar-refractivity contribution in [2.75, 3.05) is 26.4 Å². The van der Waals surface area contributed by atoms with Crippen LogP contribution in [0.5, 0.6) is 0 Å². The zero-order valence-electron chi connectivity index (χ0n) is 10.3. The van der Waals surface area contributed by atoms with Gasteiger partial charge < -0.3 is 14.7 Å². The van der Waals surface area contributed by atoms with Crippen molar-refractivity contribution in [2.24, 2.45) is 5.41 Å². The lowest BCUT2D eigenvalue weighted by Gasteiger charge is -2.43. The predicted molar refractivity (Wildman–Crippen MR) is 65.9 cm³/mol. The van der Waals surface area contributed by atoms with Gasteiger partial charge in [0.1, 0.15) is 5.41 Å². The topological polar surface area (TPSA) is 49.8 Å². The fourth-order valence-corrected chi connectivity index (χ4v) is 2.64. The average molecular weight is 247 g/mol. The van der Waals surface area contributed by atoms with E-state index < -0.39 is 5.41 Å². The number of benzene rings is 1. The monoisotopic (exact) mass is 247 g/mol. The molecule has 0 aliphatic carbocycles. The second-order valence-corrected chi connectivity index (χ2v) is 5.18. The van der Waals surface area contributed by atoms with E-state index in [4.69, 9.17) is 4.74 Å². The minimum atomic E-state index is -0.674. The highest BCUT2D eigenvalue weighted by Crippen LogP contribution is 2.31. The summed E-state index contributed by atoms with van der Waals surface area (Å²) in [6.45, 7) is 1.96. The van der Waals surface area contributed by atoms with Crippen molar-refractivity contribution in [3.63, 3.8) is 0 Å². The fraction of sp³-hybridized carbons (Fsp3) is 0.500. The van der Waals surface area contributed by atoms with E-state index in [9.17, 15) is 9.90 Å². The van der Waals surface area contributed by atoms with Crippen LogP contribution in [0.15, 0.2) is 24.3 Å². The lowest BCUT2D eigenvalue weighted by molar-refractivity contribution is -0.181. The van der Waals surface area contributed by atoms with Crippen LogP contribution in [-0.2, 0) is 22.5 Å². The number of rotatable bonds is 2. The number of nitrogens with zero attached hydrogens (tertiary/aromatic N) is 1. The predicted octanol–water partition coefficient (Wildman–Crippen LogP) is 0.580. The van der Waals surface area contributed by atoms with E-state index in [0.29, 0.717) is 19.8 Å². The van der Waals surface area contributed by atoms with Crippen molar-refractivity contribution < 1.29 is 14.6 Å². The molecule has 18 heavy (non-hydrogen) atoms. The highest BCUT2D eigenvalue weighted by atomic mass is 16.5. The third-order valence-electron chi connectivity index (χ3n) is 3.93. The van der Waals surface area contributed by atoms with Crippen molar-refractivity contribution in [1.82, 2.24) is 4.90 Å². The molecule has 1 aromatic carbocycles. The van der Waals surface area contributed by atoms with Gasteiger partial charge in [-0.25, -0.2) is 0 Å². The minimum absolute atomic E-state index is 0.0331. The molecule has 0 bridgehead atoms. The Morgan fingerprint density at radius 1 is 1.33 bits per heavy atom. The molecule has 4 heteroatoms. The van der Waals surface area contributed by atoms with Crippen LogP contribution in [0.25, 0.3) is 0 Å². The Morgan fingerprint density at radius 3 is 2.67 bits per heavy atom. The standard InChI is InChI=1S/C14H17NO3/c16-8-14(9-18-10-14)13(17)15-6-5-11-3-1-2-4-12(11)7-15/h1-4,16H,5-10H2. The van der Waals surface area contributed by atoms with Crippen LogP contribution in [0.1, 0.15) is 11.1 Å². The molecule has 1 N–H and O–H groups in total. The van der Waals surface area contributed by atoms with E-state index in [1.165, 1.54) is 11.1 Å². The summed E-state index contributed by atoms with van der Waals surface area (Å²) < 4.78 is 5.10. The second-order valence-electron chi connectivity index (χ2n) is 5.18. The Kier molecular flexibility index (Phi) is 2.84. The molecule has 0 aromatic heterocycles. The van der Waals surface area contributed by atoms with Gasteiger partial charge in [-0.3, -0.25) is 4.79 Å². The number of carbonyl (C=O) groups is 1. The molecule has 1 aromatic rings. The normalized spacial score (nSPS) is 21.1. The van der Waals surface area contributed by atoms with E-state index in [1.54, 1.807) is 0 Å². The third-order valence-corrected chi connectivity index (χ3v) is 3.93. The van der Waals surface area contributed by atoms with Gasteiger partial charge in [-0.1, -0.05) is 24.3 Å². The van der Waals surface area contributed by atoms with Gasteiger partial charge in [-0.15, -0.1) is 0 Å². The summed E-state index contributed by atoms with van der Waals surface area (Å²) in [6.07, 6.45) is 0.893. The number of aliphatic hydroxyl groups is 1. The smallest absolute Gasteiger partial charge is 0.236 e. The van der Waals surface area contributed by atoms with Gasteiger partial charge in [0.15, 0.2) is 0 Å². The van der Waals surface area contributed by atoms with E-state index in [-0.39, 0.29) is 12.5 Å². The highest BCUT2D eigenvalue weighted by Gasteiger charge is 2.47. The SMILES string of the molecule is O=C(N1CCc2ccccc2C1)C1(CO)COC1. The summed E-state index contributed by atoms with van der Waals surface area (Å²) in [7, 11) is 0. The van der Waals surface area contributed by atoms with Crippen molar-refractivity contribution in [2.45, 2.75) is 13.0 Å². The Labute approximate surface area is 106 Å². The molecule has 96 valence electrons. The number of amides is 1. The van der Waals surface area contributed by atoms with E-state index in [1.807, 2.05) is 17.0 Å². The van der Waals surface area contributed by atoms with E-state index in [2.05, 4.69) is 12.1 Å². The molecule has 1 saturated heterocycles. The lowest BCUT2D eigenvalue weighted by Crippen LogP contribution is -2.58. The molecular weight excluding hydrogens is 230 g/mol. The largest absolute Gasteiger partial charge is 0.395 e. The van der Waals surface area contributed by atoms with Crippen LogP contribution in [-0.4, -0.2) is 42.3 Å². The van der Waals surface area contributed by atoms with Crippen LogP contribution in [0, 0.1) is 5.41 Å². The second kappa shape index (κ2) is 4.37. The van der Waals surface area contributed by atoms with E-state index >= 15 is 0 Å². The van der Waals surface area contributed by atoms with Crippen molar-refractivity contribution in [3.05, 3.63) is 35.4 Å². The molecule has 0 atom stereocenters. The zero-order chi connectivity index (χ0) is 12.6. The van der Waals surface area contributed by atoms with Gasteiger partial charge in [-0.05, 0) is 17.5 Å². The number of aliphatic hydroxyl groups excluding tert-OH is 1. The summed E-state index contributed by atoms with van der Waals surface area (Å²) in [5.74, 6) is 0.0331. The van der Waals surface area contributed by atoms with Gasteiger partial charge in [-0.2, -0.15) is 0 Å². The van der Waals surface area contributed by atoms with Crippen LogP contribution < -0.4 is 0 Å². The first-order chi connectivity index (χ1) is 8.75. The first-order valence-corrected chi connectivity index (χ1v) is 6.30. The van der Waals surface area contributed by atoms with Gasteiger partial charge in [0, 0.05) is 13.1 Å². The summed E-state index contributed by atoms with van der Waals surface area (Å²) in [4.78, 5) is 14.3. The van der Waals surface area contributed by atoms with Crippen LogP contribution in [0.4, 0.5) is 0 Å². The van der Waals surface area contributed by atoms with Crippen LogP contribution >= 0.6 is 0 Å². The first kappa shape index (κ1) is 11.7. The number of carbonyl (C=O) groups excluding carboxylic acids is 1. The highest BCUT2D eigenvalue weighted by molar-refractivity contribution is 5.84. The molecule has 1 amide bonds. The Morgan fingerprint density at radius 2 is 2.06 bits per heavy atom. The van der Waals surface area contributed by atoms with Gasteiger partial charge in [0.05, 0.1) is 19.8 Å². The number of hydrogen-bond acceptors (Lipinski definition) is 3. The average Bonchev–Trinajstić information content (AvgIpc) is 2.37. The molecule has 0 saturated carbocycles. The molecule has 2 aliphatic heterocycles. The molecule has 3 rings (SSSR count). The fourth-order valence-electron chi connectivity index (χ4n) is 2.64. The summed E-state index contributed by atoms with van der Waals surface area (Å²) in [5.41, 5.74) is 1.86. The maximum atomic E-state index is 12.4. The van der Waals surface area contributed by atoms with Crippen LogP contribution in [0.3, 0.4) is 0 Å². The lowest BCUT2D eigenvalue weighted by atomic mass is 9.84. The van der Waals surface area contributed by atoms with Crippen molar-refractivity contribution in [3.8, 4) is 0 Å². The first-order valence-electron chi connectivity index (χ1n) is 6.30. The Balaban J connectivity index is 1.78. The number of fused-ring (bicyclic) bond motifs is 1. The van der Waals surface area contributed by atoms with Crippen molar-refractivity contribution in [1.29, 1.82) is 0 Å². The van der Waals surface area contributed by atoms with Crippen LogP contribution in [0.2, 0.25) is 0 Å². The summed E-state index contributed by atoms with van der Waals surface area (Å²) in [6, 6.07) is 8.22. The molecule has 0 radical (unpaired) electrons. The molecule has 0 spiro atoms. The summed E-state index contributed by atoms with van der Waals surface area (Å²) in [5, 5.41) is 9.41. The Hall–Kier alpha value is -1.39. The molecule has 4 nitrogen and oxygen atoms in total. The molecule has 0 unspecified atom stereocenters. The summed E-state index contributed by atoms with van der Waals surface area (Å²) >= 11 is 0. The number of hydrogen-bond donors (Lipinski definition) is 1. The van der Waals surface area contributed by atoms with Crippen molar-refractivity contribution >= 4 is 5.91 Å². The minimum Gasteiger partial charge on any atom is -0.395 e. The van der Waals surface area contributed by atoms with Gasteiger partial charge in [0.2, 0.25) is 5.91 Å². The maximum Gasteiger partial charge on any atom is 0.236 e. The quantitative estimate of drug-likeness (QED) is 0.831. The molecular formula is C14H17NO3. The molecule has 2 aliphatic rings. The van der Waals surface area contributed by atoms with E-state index in [0.717, 1.165) is 13.0 Å². The maximum absolute atomic E-state index is 12.4. The number of ether oxygens (including phenoxy) is 1. The molecule has 1 fully saturated rings. The Bertz CT molecular complexity index is 462. The zero-order valence-corrected chi connectivity index (χ0v) is 10.3. The van der Waals surface area contributed by atoms with Gasteiger partial charge in [0.25, 0.3) is 0 Å². The van der Waals surface area contributed by atoms with Gasteiger partial charge >= 0.3 is 0 Å². The molecule has 2 heterocycles. The third kappa shape index (κ3) is 1.72.